The number of fused-ring (bicyclic) bond motifs is 3. The fourth-order valence-corrected chi connectivity index (χ4v) is 3.09. The Morgan fingerprint density at radius 2 is 2.05 bits per heavy atom. The number of carbonyl (C=O) groups is 1. The van der Waals surface area contributed by atoms with Crippen LogP contribution in [0.3, 0.4) is 0 Å². The maximum Gasteiger partial charge on any atom is 0.401 e. The van der Waals surface area contributed by atoms with Crippen molar-refractivity contribution >= 4 is 5.97 Å². The minimum atomic E-state index is -4.33. The number of nitrogens with one attached hydrogen (secondary N) is 1. The van der Waals surface area contributed by atoms with Crippen molar-refractivity contribution in [3.05, 3.63) is 0 Å². The summed E-state index contributed by atoms with van der Waals surface area (Å²) in [4.78, 5) is 14.2. The average molecular weight is 280 g/mol. The summed E-state index contributed by atoms with van der Waals surface area (Å²) in [6, 6.07) is 0. The lowest BCUT2D eigenvalue weighted by Gasteiger charge is -2.51. The third kappa shape index (κ3) is 3.02. The molecule has 7 heteroatoms. The van der Waals surface area contributed by atoms with E-state index in [2.05, 4.69) is 5.32 Å². The quantitative estimate of drug-likeness (QED) is 0.785. The molecule has 19 heavy (non-hydrogen) atoms. The highest BCUT2D eigenvalue weighted by atomic mass is 19.4. The van der Waals surface area contributed by atoms with Crippen molar-refractivity contribution < 1.29 is 22.7 Å². The van der Waals surface area contributed by atoms with Gasteiger partial charge < -0.3 is 9.64 Å². The molecule has 1 atom stereocenters. The highest BCUT2D eigenvalue weighted by molar-refractivity contribution is 5.82. The molecule has 0 amide bonds. The molecular weight excluding hydrogens is 261 g/mol. The fourth-order valence-electron chi connectivity index (χ4n) is 3.09. The molecule has 0 spiro atoms. The Hall–Kier alpha value is -0.820. The summed E-state index contributed by atoms with van der Waals surface area (Å²) in [5.74, 6) is -0.618. The maximum absolute atomic E-state index is 12.4. The first kappa shape index (κ1) is 14.6. The van der Waals surface area contributed by atoms with Crippen LogP contribution in [0.15, 0.2) is 0 Å². The van der Waals surface area contributed by atoms with Crippen molar-refractivity contribution in [3.63, 3.8) is 0 Å². The van der Waals surface area contributed by atoms with Gasteiger partial charge in [-0.15, -0.1) is 0 Å². The van der Waals surface area contributed by atoms with Gasteiger partial charge in [0.1, 0.15) is 5.54 Å². The minimum Gasteiger partial charge on any atom is -0.465 e. The number of piperidine rings is 3. The summed E-state index contributed by atoms with van der Waals surface area (Å²) >= 11 is 0. The molecule has 3 fully saturated rings. The third-order valence-corrected chi connectivity index (χ3v) is 4.00. The molecule has 0 aliphatic carbocycles. The lowest BCUT2D eigenvalue weighted by Crippen LogP contribution is -2.71. The molecule has 3 aliphatic rings. The first-order valence-corrected chi connectivity index (χ1v) is 6.59. The number of carbonyl (C=O) groups excluding carboxylic acids is 1. The van der Waals surface area contributed by atoms with Crippen molar-refractivity contribution in [1.29, 1.82) is 0 Å². The highest BCUT2D eigenvalue weighted by Gasteiger charge is 2.53. The summed E-state index contributed by atoms with van der Waals surface area (Å²) in [7, 11) is 0. The van der Waals surface area contributed by atoms with Gasteiger partial charge in [-0.05, 0) is 38.8 Å². The van der Waals surface area contributed by atoms with Gasteiger partial charge in [0.2, 0.25) is 0 Å². The lowest BCUT2D eigenvalue weighted by atomic mass is 9.72. The highest BCUT2D eigenvalue weighted by Crippen LogP contribution is 2.37. The molecule has 0 aromatic heterocycles. The van der Waals surface area contributed by atoms with Gasteiger partial charge in [0.15, 0.2) is 0 Å². The van der Waals surface area contributed by atoms with E-state index in [0.29, 0.717) is 6.54 Å². The second-order valence-corrected chi connectivity index (χ2v) is 5.21. The largest absolute Gasteiger partial charge is 0.465 e. The molecule has 0 radical (unpaired) electrons. The van der Waals surface area contributed by atoms with E-state index in [9.17, 15) is 18.0 Å². The van der Waals surface area contributed by atoms with Gasteiger partial charge in [-0.2, -0.15) is 13.2 Å². The van der Waals surface area contributed by atoms with Gasteiger partial charge in [0, 0.05) is 6.54 Å². The van der Waals surface area contributed by atoms with Crippen LogP contribution < -0.4 is 5.32 Å². The molecule has 0 saturated carbocycles. The zero-order chi connectivity index (χ0) is 14.1. The van der Waals surface area contributed by atoms with Crippen LogP contribution in [-0.2, 0) is 9.53 Å². The standard InChI is InChI=1S/C12H19F3N2O2/c1-2-19-10(18)11(16-7-12(13,14)15)8-17-5-3-9(11)4-6-17/h9,16H,2-8H2,1H3. The van der Waals surface area contributed by atoms with Crippen LogP contribution in [0.4, 0.5) is 13.2 Å². The van der Waals surface area contributed by atoms with E-state index < -0.39 is 24.2 Å². The van der Waals surface area contributed by atoms with Crippen LogP contribution >= 0.6 is 0 Å². The molecule has 2 bridgehead atoms. The van der Waals surface area contributed by atoms with E-state index in [0.717, 1.165) is 25.9 Å². The van der Waals surface area contributed by atoms with Gasteiger partial charge in [-0.1, -0.05) is 0 Å². The first-order valence-electron chi connectivity index (χ1n) is 6.59. The molecule has 3 saturated heterocycles. The number of hydrogen-bond donors (Lipinski definition) is 1. The van der Waals surface area contributed by atoms with Gasteiger partial charge in [-0.3, -0.25) is 5.32 Å². The fraction of sp³-hybridized carbons (Fsp3) is 0.917. The average Bonchev–Trinajstić information content (AvgIpc) is 2.37. The Bertz CT molecular complexity index is 340. The second-order valence-electron chi connectivity index (χ2n) is 5.21. The molecule has 0 aromatic carbocycles. The molecule has 4 nitrogen and oxygen atoms in total. The van der Waals surface area contributed by atoms with Crippen LogP contribution in [0.2, 0.25) is 0 Å². The number of esters is 1. The second kappa shape index (κ2) is 5.28. The number of ether oxygens (including phenoxy) is 1. The Morgan fingerprint density at radius 3 is 2.47 bits per heavy atom. The predicted octanol–water partition coefficient (Wildman–Crippen LogP) is 1.17. The summed E-state index contributed by atoms with van der Waals surface area (Å²) in [5, 5.41) is 2.45. The zero-order valence-electron chi connectivity index (χ0n) is 10.9. The van der Waals surface area contributed by atoms with Crippen LogP contribution in [0.1, 0.15) is 19.8 Å². The topological polar surface area (TPSA) is 41.6 Å². The number of alkyl halides is 3. The number of halogens is 3. The predicted molar refractivity (Wildman–Crippen MR) is 62.6 cm³/mol. The Morgan fingerprint density at radius 1 is 1.42 bits per heavy atom. The SMILES string of the molecule is CCOC(=O)C1(NCC(F)(F)F)CN2CCC1CC2. The third-order valence-electron chi connectivity index (χ3n) is 4.00. The summed E-state index contributed by atoms with van der Waals surface area (Å²) < 4.78 is 42.3. The van der Waals surface area contributed by atoms with Gasteiger partial charge in [0.25, 0.3) is 0 Å². The molecule has 110 valence electrons. The van der Waals surface area contributed by atoms with E-state index in [4.69, 9.17) is 4.74 Å². The molecule has 3 aliphatic heterocycles. The van der Waals surface area contributed by atoms with Crippen LogP contribution in [0, 0.1) is 5.92 Å². The van der Waals surface area contributed by atoms with Crippen LogP contribution in [0.25, 0.3) is 0 Å². The van der Waals surface area contributed by atoms with Crippen molar-refractivity contribution in [1.82, 2.24) is 10.2 Å². The van der Waals surface area contributed by atoms with Crippen molar-refractivity contribution in [2.45, 2.75) is 31.5 Å². The molecule has 1 unspecified atom stereocenters. The van der Waals surface area contributed by atoms with Gasteiger partial charge in [0.05, 0.1) is 13.2 Å². The zero-order valence-corrected chi connectivity index (χ0v) is 10.9. The summed E-state index contributed by atoms with van der Waals surface area (Å²) in [5.41, 5.74) is -1.19. The Labute approximate surface area is 110 Å². The Kier molecular flexibility index (Phi) is 4.06. The summed E-state index contributed by atoms with van der Waals surface area (Å²) in [6.45, 7) is 2.69. The van der Waals surface area contributed by atoms with E-state index in [-0.39, 0.29) is 12.5 Å². The monoisotopic (exact) mass is 280 g/mol. The minimum absolute atomic E-state index is 0.0705. The van der Waals surface area contributed by atoms with E-state index in [1.165, 1.54) is 0 Å². The van der Waals surface area contributed by atoms with Gasteiger partial charge in [-0.25, -0.2) is 4.79 Å². The smallest absolute Gasteiger partial charge is 0.401 e. The number of hydrogen-bond acceptors (Lipinski definition) is 4. The number of nitrogens with zero attached hydrogens (tertiary/aromatic N) is 1. The van der Waals surface area contributed by atoms with Crippen molar-refractivity contribution in [2.24, 2.45) is 5.92 Å². The lowest BCUT2D eigenvalue weighted by molar-refractivity contribution is -0.166. The molecule has 3 rings (SSSR count). The normalized spacial score (nSPS) is 34.3. The maximum atomic E-state index is 12.4. The van der Waals surface area contributed by atoms with E-state index in [1.54, 1.807) is 6.92 Å². The Balaban J connectivity index is 2.16. The first-order chi connectivity index (χ1) is 8.87. The van der Waals surface area contributed by atoms with Crippen LogP contribution in [-0.4, -0.2) is 55.4 Å². The number of rotatable bonds is 4. The summed E-state index contributed by atoms with van der Waals surface area (Å²) in [6.07, 6.45) is -2.85. The molecule has 1 N–H and O–H groups in total. The van der Waals surface area contributed by atoms with Gasteiger partial charge >= 0.3 is 12.1 Å². The van der Waals surface area contributed by atoms with Crippen molar-refractivity contribution in [2.75, 3.05) is 32.8 Å². The van der Waals surface area contributed by atoms with E-state index in [1.807, 2.05) is 4.90 Å². The van der Waals surface area contributed by atoms with Crippen LogP contribution in [0.5, 0.6) is 0 Å². The molecule has 3 heterocycles. The van der Waals surface area contributed by atoms with E-state index >= 15 is 0 Å². The molecular formula is C12H19F3N2O2. The van der Waals surface area contributed by atoms with Crippen molar-refractivity contribution in [3.8, 4) is 0 Å². The molecule has 0 aromatic rings.